The molecule has 48 heavy (non-hydrogen) atoms. The molecular formula is C44H26N2OS. The molecule has 3 heterocycles. The van der Waals surface area contributed by atoms with E-state index < -0.39 is 0 Å². The summed E-state index contributed by atoms with van der Waals surface area (Å²) in [6, 6.07) is 55.4. The molecule has 0 bridgehead atoms. The fourth-order valence-corrected chi connectivity index (χ4v) is 8.38. The maximum absolute atomic E-state index is 6.30. The Morgan fingerprint density at radius 2 is 1.00 bits per heavy atom. The van der Waals surface area contributed by atoms with Gasteiger partial charge in [-0.2, -0.15) is 0 Å². The molecule has 10 aromatic rings. The summed E-state index contributed by atoms with van der Waals surface area (Å²) in [5.41, 5.74) is 8.88. The van der Waals surface area contributed by atoms with Crippen molar-refractivity contribution in [2.45, 2.75) is 0 Å². The minimum Gasteiger partial charge on any atom is -0.456 e. The Bertz CT molecular complexity index is 2860. The second kappa shape index (κ2) is 10.7. The van der Waals surface area contributed by atoms with Gasteiger partial charge in [-0.25, -0.2) is 9.97 Å². The average Bonchev–Trinajstić information content (AvgIpc) is 3.73. The van der Waals surface area contributed by atoms with E-state index in [1.54, 1.807) is 0 Å². The molecular weight excluding hydrogens is 605 g/mol. The van der Waals surface area contributed by atoms with E-state index in [9.17, 15) is 0 Å². The fourth-order valence-electron chi connectivity index (χ4n) is 7.16. The van der Waals surface area contributed by atoms with E-state index in [1.165, 1.54) is 36.5 Å². The second-order valence-corrected chi connectivity index (χ2v) is 13.1. The van der Waals surface area contributed by atoms with E-state index in [-0.39, 0.29) is 0 Å². The molecule has 0 saturated heterocycles. The molecule has 0 unspecified atom stereocenters. The molecule has 3 aromatic heterocycles. The van der Waals surface area contributed by atoms with Crippen molar-refractivity contribution in [1.29, 1.82) is 0 Å². The van der Waals surface area contributed by atoms with Crippen LogP contribution in [-0.4, -0.2) is 9.97 Å². The molecule has 10 rings (SSSR count). The van der Waals surface area contributed by atoms with Crippen molar-refractivity contribution in [2.75, 3.05) is 0 Å². The number of benzene rings is 7. The van der Waals surface area contributed by atoms with Gasteiger partial charge in [-0.1, -0.05) is 133 Å². The third-order valence-corrected chi connectivity index (χ3v) is 10.6. The minimum atomic E-state index is 0.672. The zero-order chi connectivity index (χ0) is 31.6. The van der Waals surface area contributed by atoms with Gasteiger partial charge in [-0.15, -0.1) is 11.3 Å². The summed E-state index contributed by atoms with van der Waals surface area (Å²) in [6.45, 7) is 0. The average molecular weight is 631 g/mol. The maximum Gasteiger partial charge on any atom is 0.161 e. The van der Waals surface area contributed by atoms with Crippen LogP contribution in [0.5, 0.6) is 0 Å². The van der Waals surface area contributed by atoms with Gasteiger partial charge in [0.15, 0.2) is 5.82 Å². The lowest BCUT2D eigenvalue weighted by Gasteiger charge is -2.15. The SMILES string of the molecule is c1ccc(-c2cccc3ccccc23)c(-c2cc(-c3cccc4c3sc3ccccc34)nc(-c3cccc4oc5ccccc5c34)n2)c1. The first kappa shape index (κ1) is 27.1. The first-order chi connectivity index (χ1) is 23.8. The lowest BCUT2D eigenvalue weighted by atomic mass is 9.92. The lowest BCUT2D eigenvalue weighted by Crippen LogP contribution is -1.97. The number of nitrogens with zero attached hydrogens (tertiary/aromatic N) is 2. The minimum absolute atomic E-state index is 0.672. The van der Waals surface area contributed by atoms with E-state index in [2.05, 4.69) is 133 Å². The number of hydrogen-bond donors (Lipinski definition) is 0. The number of fused-ring (bicyclic) bond motifs is 7. The van der Waals surface area contributed by atoms with Gasteiger partial charge >= 0.3 is 0 Å². The van der Waals surface area contributed by atoms with E-state index in [0.717, 1.165) is 55.6 Å². The molecule has 0 amide bonds. The standard InChI is InChI=1S/C44H26N2OS/c1-2-14-28-27(12-1)13-9-19-29(28)30-15-3-4-16-31(30)37-26-38(34-21-10-20-33-32-17-6-8-25-41(32)48-43(33)34)46-44(45-37)36-22-11-24-40-42(36)35-18-5-7-23-39(35)47-40/h1-26H. The van der Waals surface area contributed by atoms with Crippen LogP contribution in [0, 0.1) is 0 Å². The zero-order valence-electron chi connectivity index (χ0n) is 25.7. The molecule has 224 valence electrons. The Labute approximate surface area is 280 Å². The highest BCUT2D eigenvalue weighted by Crippen LogP contribution is 2.43. The Kier molecular flexibility index (Phi) is 6.05. The molecule has 3 nitrogen and oxygen atoms in total. The molecule has 7 aromatic carbocycles. The molecule has 0 aliphatic heterocycles. The monoisotopic (exact) mass is 630 g/mol. The van der Waals surface area contributed by atoms with Crippen LogP contribution in [0.15, 0.2) is 162 Å². The van der Waals surface area contributed by atoms with Crippen molar-refractivity contribution < 1.29 is 4.42 Å². The predicted octanol–water partition coefficient (Wildman–Crippen LogP) is 12.6. The highest BCUT2D eigenvalue weighted by molar-refractivity contribution is 7.26. The van der Waals surface area contributed by atoms with Gasteiger partial charge in [0.1, 0.15) is 11.2 Å². The molecule has 0 atom stereocenters. The second-order valence-electron chi connectivity index (χ2n) is 12.1. The maximum atomic E-state index is 6.30. The summed E-state index contributed by atoms with van der Waals surface area (Å²) >= 11 is 1.82. The van der Waals surface area contributed by atoms with Gasteiger partial charge in [0.05, 0.1) is 11.4 Å². The van der Waals surface area contributed by atoms with Gasteiger partial charge in [0, 0.05) is 47.6 Å². The van der Waals surface area contributed by atoms with Crippen LogP contribution >= 0.6 is 11.3 Å². The van der Waals surface area contributed by atoms with Crippen LogP contribution in [-0.2, 0) is 0 Å². The Hall–Kier alpha value is -6.10. The van der Waals surface area contributed by atoms with E-state index in [4.69, 9.17) is 14.4 Å². The molecule has 0 fully saturated rings. The van der Waals surface area contributed by atoms with Gasteiger partial charge < -0.3 is 4.42 Å². The lowest BCUT2D eigenvalue weighted by molar-refractivity contribution is 0.669. The predicted molar refractivity (Wildman–Crippen MR) is 201 cm³/mol. The van der Waals surface area contributed by atoms with Gasteiger partial charge in [0.2, 0.25) is 0 Å². The zero-order valence-corrected chi connectivity index (χ0v) is 26.5. The fraction of sp³-hybridized carbons (Fsp3) is 0. The Morgan fingerprint density at radius 3 is 1.92 bits per heavy atom. The highest BCUT2D eigenvalue weighted by atomic mass is 32.1. The third kappa shape index (κ3) is 4.20. The van der Waals surface area contributed by atoms with Crippen LogP contribution in [0.1, 0.15) is 0 Å². The molecule has 0 N–H and O–H groups in total. The Morgan fingerprint density at radius 1 is 0.417 bits per heavy atom. The summed E-state index contributed by atoms with van der Waals surface area (Å²) in [4.78, 5) is 10.7. The number of aromatic nitrogens is 2. The molecule has 0 spiro atoms. The summed E-state index contributed by atoms with van der Waals surface area (Å²) in [7, 11) is 0. The van der Waals surface area contributed by atoms with Gasteiger partial charge in [0.25, 0.3) is 0 Å². The van der Waals surface area contributed by atoms with Crippen molar-refractivity contribution >= 4 is 64.2 Å². The van der Waals surface area contributed by atoms with Crippen LogP contribution in [0.3, 0.4) is 0 Å². The van der Waals surface area contributed by atoms with Crippen molar-refractivity contribution in [3.8, 4) is 45.0 Å². The summed E-state index contributed by atoms with van der Waals surface area (Å²) in [6.07, 6.45) is 0. The first-order valence-corrected chi connectivity index (χ1v) is 16.9. The third-order valence-electron chi connectivity index (χ3n) is 9.33. The molecule has 0 saturated carbocycles. The number of thiophene rings is 1. The summed E-state index contributed by atoms with van der Waals surface area (Å²) < 4.78 is 8.79. The van der Waals surface area contributed by atoms with E-state index >= 15 is 0 Å². The normalized spacial score (nSPS) is 11.8. The van der Waals surface area contributed by atoms with Crippen molar-refractivity contribution in [3.63, 3.8) is 0 Å². The van der Waals surface area contributed by atoms with Crippen molar-refractivity contribution in [2.24, 2.45) is 0 Å². The van der Waals surface area contributed by atoms with Crippen LogP contribution in [0.25, 0.3) is 97.9 Å². The number of para-hydroxylation sites is 1. The van der Waals surface area contributed by atoms with Crippen LogP contribution in [0.2, 0.25) is 0 Å². The number of hydrogen-bond acceptors (Lipinski definition) is 4. The highest BCUT2D eigenvalue weighted by Gasteiger charge is 2.20. The van der Waals surface area contributed by atoms with E-state index in [0.29, 0.717) is 5.82 Å². The quantitative estimate of drug-likeness (QED) is 0.194. The smallest absolute Gasteiger partial charge is 0.161 e. The topological polar surface area (TPSA) is 38.9 Å². The molecule has 4 heteroatoms. The summed E-state index contributed by atoms with van der Waals surface area (Å²) in [5.74, 6) is 0.672. The summed E-state index contributed by atoms with van der Waals surface area (Å²) in [5, 5.41) is 7.02. The molecule has 0 aliphatic carbocycles. The molecule has 0 radical (unpaired) electrons. The number of furan rings is 1. The van der Waals surface area contributed by atoms with Crippen molar-refractivity contribution in [1.82, 2.24) is 9.97 Å². The van der Waals surface area contributed by atoms with Gasteiger partial charge in [-0.3, -0.25) is 0 Å². The molecule has 0 aliphatic rings. The first-order valence-electron chi connectivity index (χ1n) is 16.1. The van der Waals surface area contributed by atoms with Crippen LogP contribution < -0.4 is 0 Å². The van der Waals surface area contributed by atoms with Crippen molar-refractivity contribution in [3.05, 3.63) is 158 Å². The van der Waals surface area contributed by atoms with Gasteiger partial charge in [-0.05, 0) is 46.2 Å². The Balaban J connectivity index is 1.28. The van der Waals surface area contributed by atoms with Crippen LogP contribution in [0.4, 0.5) is 0 Å². The largest absolute Gasteiger partial charge is 0.456 e. The number of rotatable bonds is 4. The van der Waals surface area contributed by atoms with E-state index in [1.807, 2.05) is 35.6 Å².